The van der Waals surface area contributed by atoms with E-state index in [4.69, 9.17) is 21.5 Å². The zero-order valence-corrected chi connectivity index (χ0v) is 10.8. The summed E-state index contributed by atoms with van der Waals surface area (Å²) in [5.41, 5.74) is 23.3. The highest BCUT2D eigenvalue weighted by Gasteiger charge is 2.11. The van der Waals surface area contributed by atoms with Gasteiger partial charge in [0.15, 0.2) is 11.5 Å². The molecule has 0 aromatic carbocycles. The lowest BCUT2D eigenvalue weighted by atomic mass is 10.4. The number of fused-ring (bicyclic) bond motifs is 1. The molecular formula is C9H11N11O. The molecule has 0 amide bonds. The van der Waals surface area contributed by atoms with Crippen LogP contribution in [0.2, 0.25) is 0 Å². The van der Waals surface area contributed by atoms with Gasteiger partial charge in [-0.3, -0.25) is 4.57 Å². The normalized spacial score (nSPS) is 11.6. The summed E-state index contributed by atoms with van der Waals surface area (Å²) >= 11 is 0. The number of ether oxygens (including phenoxy) is 1. The molecule has 0 aliphatic rings. The van der Waals surface area contributed by atoms with Crippen molar-refractivity contribution in [3.63, 3.8) is 0 Å². The maximum Gasteiger partial charge on any atom is 0.167 e. The van der Waals surface area contributed by atoms with Gasteiger partial charge in [0.2, 0.25) is 0 Å². The van der Waals surface area contributed by atoms with Gasteiger partial charge in [0.25, 0.3) is 0 Å². The molecule has 0 saturated carbocycles. The first-order valence-corrected chi connectivity index (χ1v) is 5.81. The van der Waals surface area contributed by atoms with Gasteiger partial charge >= 0.3 is 0 Å². The van der Waals surface area contributed by atoms with Crippen LogP contribution in [0.15, 0.2) is 22.9 Å². The van der Waals surface area contributed by atoms with Crippen molar-refractivity contribution < 1.29 is 4.74 Å². The highest BCUT2D eigenvalue weighted by atomic mass is 16.5. The van der Waals surface area contributed by atoms with Gasteiger partial charge in [0, 0.05) is 9.82 Å². The van der Waals surface area contributed by atoms with E-state index in [1.807, 2.05) is 0 Å². The van der Waals surface area contributed by atoms with E-state index in [0.29, 0.717) is 11.2 Å². The molecule has 0 unspecified atom stereocenters. The summed E-state index contributed by atoms with van der Waals surface area (Å²) in [5.74, 6) is 0.276. The van der Waals surface area contributed by atoms with E-state index in [1.165, 1.54) is 12.7 Å². The van der Waals surface area contributed by atoms with E-state index < -0.39 is 6.10 Å². The Morgan fingerprint density at radius 2 is 1.95 bits per heavy atom. The maximum absolute atomic E-state index is 8.32. The molecule has 12 heteroatoms. The Morgan fingerprint density at radius 3 is 2.62 bits per heavy atom. The van der Waals surface area contributed by atoms with E-state index >= 15 is 0 Å². The molecule has 0 bridgehead atoms. The predicted molar refractivity (Wildman–Crippen MR) is 72.6 cm³/mol. The number of nitrogens with zero attached hydrogens (tertiary/aromatic N) is 10. The summed E-state index contributed by atoms with van der Waals surface area (Å²) in [4.78, 5) is 17.3. The highest BCUT2D eigenvalue weighted by molar-refractivity contribution is 5.80. The smallest absolute Gasteiger partial charge is 0.167 e. The van der Waals surface area contributed by atoms with Crippen molar-refractivity contribution in [2.24, 2.45) is 10.2 Å². The lowest BCUT2D eigenvalue weighted by molar-refractivity contribution is 0.0193. The molecule has 0 saturated heterocycles. The molecule has 2 aromatic rings. The molecule has 0 radical (unpaired) electrons. The second kappa shape index (κ2) is 6.91. The van der Waals surface area contributed by atoms with Crippen molar-refractivity contribution >= 4 is 17.0 Å². The molecule has 2 aromatic heterocycles. The Balaban J connectivity index is 2.09. The van der Waals surface area contributed by atoms with Crippen molar-refractivity contribution in [3.05, 3.63) is 33.5 Å². The molecule has 21 heavy (non-hydrogen) atoms. The second-order valence-corrected chi connectivity index (χ2v) is 3.89. The van der Waals surface area contributed by atoms with Crippen LogP contribution in [0.1, 0.15) is 0 Å². The molecule has 0 spiro atoms. The number of nitrogen functional groups attached to an aromatic ring is 1. The van der Waals surface area contributed by atoms with E-state index in [2.05, 4.69) is 35.0 Å². The Kier molecular flexibility index (Phi) is 4.72. The summed E-state index contributed by atoms with van der Waals surface area (Å²) < 4.78 is 7.15. The van der Waals surface area contributed by atoms with Gasteiger partial charge in [-0.25, -0.2) is 15.0 Å². The van der Waals surface area contributed by atoms with Crippen LogP contribution in [-0.4, -0.2) is 38.7 Å². The van der Waals surface area contributed by atoms with Crippen molar-refractivity contribution in [2.45, 2.75) is 12.8 Å². The quantitative estimate of drug-likeness (QED) is 0.458. The first kappa shape index (κ1) is 14.3. The molecule has 0 fully saturated rings. The SMILES string of the molecule is [N-]=[N+]=NCC(CN=[N+]=[N-])OCn1cnc2c(N)ncnc21. The van der Waals surface area contributed by atoms with Crippen molar-refractivity contribution in [1.82, 2.24) is 19.5 Å². The lowest BCUT2D eigenvalue weighted by Gasteiger charge is -2.13. The van der Waals surface area contributed by atoms with Crippen molar-refractivity contribution in [2.75, 3.05) is 18.8 Å². The lowest BCUT2D eigenvalue weighted by Crippen LogP contribution is -2.21. The van der Waals surface area contributed by atoms with Crippen LogP contribution in [0.3, 0.4) is 0 Å². The number of nitrogens with two attached hydrogens (primary N) is 1. The zero-order valence-electron chi connectivity index (χ0n) is 10.8. The molecule has 108 valence electrons. The van der Waals surface area contributed by atoms with Gasteiger partial charge in [-0.2, -0.15) is 0 Å². The third-order valence-electron chi connectivity index (χ3n) is 2.58. The number of hydrogen-bond acceptors (Lipinski definition) is 7. The summed E-state index contributed by atoms with van der Waals surface area (Å²) in [6.45, 7) is 0.206. The Morgan fingerprint density at radius 1 is 1.24 bits per heavy atom. The van der Waals surface area contributed by atoms with E-state index in [9.17, 15) is 0 Å². The Hall–Kier alpha value is -3.07. The molecule has 0 aliphatic heterocycles. The minimum Gasteiger partial charge on any atom is -0.382 e. The monoisotopic (exact) mass is 289 g/mol. The second-order valence-electron chi connectivity index (χ2n) is 3.89. The molecular weight excluding hydrogens is 278 g/mol. The average molecular weight is 289 g/mol. The van der Waals surface area contributed by atoms with Gasteiger partial charge in [-0.05, 0) is 11.1 Å². The number of hydrogen-bond donors (Lipinski definition) is 1. The number of anilines is 1. The van der Waals surface area contributed by atoms with Crippen LogP contribution >= 0.6 is 0 Å². The minimum atomic E-state index is -0.534. The van der Waals surface area contributed by atoms with E-state index in [0.717, 1.165) is 0 Å². The number of rotatable bonds is 7. The van der Waals surface area contributed by atoms with Gasteiger partial charge in [0.1, 0.15) is 18.6 Å². The molecule has 2 heterocycles. The van der Waals surface area contributed by atoms with Crippen LogP contribution in [0, 0.1) is 0 Å². The third kappa shape index (κ3) is 3.48. The van der Waals surface area contributed by atoms with Crippen LogP contribution < -0.4 is 5.73 Å². The molecule has 0 atom stereocenters. The predicted octanol–water partition coefficient (Wildman–Crippen LogP) is 1.37. The van der Waals surface area contributed by atoms with Gasteiger partial charge in [-0.1, -0.05) is 10.2 Å². The first-order chi connectivity index (χ1) is 10.3. The fourth-order valence-electron chi connectivity index (χ4n) is 1.60. The third-order valence-corrected chi connectivity index (χ3v) is 2.58. The summed E-state index contributed by atoms with van der Waals surface area (Å²) in [6, 6.07) is 0. The van der Waals surface area contributed by atoms with Crippen LogP contribution in [0.4, 0.5) is 5.82 Å². The fourth-order valence-corrected chi connectivity index (χ4v) is 1.60. The fraction of sp³-hybridized carbons (Fsp3) is 0.444. The van der Waals surface area contributed by atoms with Crippen LogP contribution in [0.5, 0.6) is 0 Å². The summed E-state index contributed by atoms with van der Waals surface area (Å²) in [6.07, 6.45) is 2.30. The standard InChI is InChI=1S/C9H11N11O/c10-8-7-9(14-3-13-8)20(4-15-7)5-21-6(1-16-18-11)2-17-19-12/h3-4,6H,1-2,5H2,(H2,10,13,14). The molecule has 0 aliphatic carbocycles. The van der Waals surface area contributed by atoms with Gasteiger partial charge < -0.3 is 10.5 Å². The van der Waals surface area contributed by atoms with Crippen LogP contribution in [-0.2, 0) is 11.5 Å². The highest BCUT2D eigenvalue weighted by Crippen LogP contribution is 2.14. The van der Waals surface area contributed by atoms with Crippen molar-refractivity contribution in [3.8, 4) is 0 Å². The summed E-state index contributed by atoms with van der Waals surface area (Å²) in [7, 11) is 0. The topological polar surface area (TPSA) is 176 Å². The average Bonchev–Trinajstić information content (AvgIpc) is 2.91. The zero-order chi connectivity index (χ0) is 15.1. The van der Waals surface area contributed by atoms with Gasteiger partial charge in [-0.15, -0.1) is 0 Å². The largest absolute Gasteiger partial charge is 0.382 e. The maximum atomic E-state index is 8.32. The van der Waals surface area contributed by atoms with Crippen molar-refractivity contribution in [1.29, 1.82) is 0 Å². The Bertz CT molecular complexity index is 692. The molecule has 12 nitrogen and oxygen atoms in total. The number of imidazole rings is 1. The summed E-state index contributed by atoms with van der Waals surface area (Å²) in [5, 5.41) is 6.81. The number of aromatic nitrogens is 4. The van der Waals surface area contributed by atoms with E-state index in [1.54, 1.807) is 4.57 Å². The molecule has 2 rings (SSSR count). The van der Waals surface area contributed by atoms with Gasteiger partial charge in [0.05, 0.1) is 25.5 Å². The minimum absolute atomic E-state index is 0.0548. The van der Waals surface area contributed by atoms with Crippen LogP contribution in [0.25, 0.3) is 32.0 Å². The molecule has 2 N–H and O–H groups in total. The van der Waals surface area contributed by atoms with E-state index in [-0.39, 0.29) is 25.6 Å². The first-order valence-electron chi connectivity index (χ1n) is 5.81. The Labute approximate surface area is 117 Å². The number of azide groups is 2.